The third kappa shape index (κ3) is 2.92. The maximum Gasteiger partial charge on any atom is 0.269 e. The summed E-state index contributed by atoms with van der Waals surface area (Å²) in [4.78, 5) is 17.8. The summed E-state index contributed by atoms with van der Waals surface area (Å²) in [5.41, 5.74) is 14.2. The van der Waals surface area contributed by atoms with E-state index in [1.54, 1.807) is 6.92 Å². The number of thiophene rings is 1. The minimum atomic E-state index is -0.409. The Kier molecular flexibility index (Phi) is 4.38. The first-order valence-electron chi connectivity index (χ1n) is 8.08. The molecule has 0 aliphatic rings. The van der Waals surface area contributed by atoms with Gasteiger partial charge in [0.15, 0.2) is 0 Å². The Bertz CT molecular complexity index is 1250. The fraction of sp³-hybridized carbons (Fsp3) is 0.0556. The van der Waals surface area contributed by atoms with Crippen molar-refractivity contribution in [2.24, 2.45) is 0 Å². The van der Waals surface area contributed by atoms with Gasteiger partial charge in [0.05, 0.1) is 5.69 Å². The van der Waals surface area contributed by atoms with Gasteiger partial charge in [0.2, 0.25) is 5.13 Å². The lowest BCUT2D eigenvalue weighted by molar-refractivity contribution is 0.103. The molecule has 28 heavy (non-hydrogen) atoms. The van der Waals surface area contributed by atoms with Crippen LogP contribution in [0.15, 0.2) is 30.3 Å². The molecular formula is C18H13N7OS2. The second kappa shape index (κ2) is 6.88. The summed E-state index contributed by atoms with van der Waals surface area (Å²) < 4.78 is 0. The lowest BCUT2D eigenvalue weighted by Crippen LogP contribution is -2.11. The highest BCUT2D eigenvalue weighted by Gasteiger charge is 2.24. The number of benzene rings is 1. The number of hydrogen-bond acceptors (Lipinski definition) is 9. The Hall–Kier alpha value is -3.55. The number of nitrogens with one attached hydrogen (secondary N) is 1. The molecule has 1 amide bonds. The minimum absolute atomic E-state index is 0.0989. The standard InChI is InChI=1S/C18H13N7OS2/c1-8-24-25-18(27-8)23-16(26)14-13(20)12-11(9-5-3-2-4-6-9)10(7-19)15(21)22-17(12)28-14/h2-6H,20H2,1H3,(H2,21,22)(H,23,25,26). The third-order valence-corrected chi connectivity index (χ3v) is 5.88. The molecule has 0 bridgehead atoms. The highest BCUT2D eigenvalue weighted by Crippen LogP contribution is 2.42. The van der Waals surface area contributed by atoms with Crippen molar-refractivity contribution >= 4 is 55.4 Å². The smallest absolute Gasteiger partial charge is 0.269 e. The Morgan fingerprint density at radius 3 is 2.57 bits per heavy atom. The second-order valence-electron chi connectivity index (χ2n) is 5.83. The van der Waals surface area contributed by atoms with Crippen LogP contribution < -0.4 is 16.8 Å². The fourth-order valence-electron chi connectivity index (χ4n) is 2.85. The van der Waals surface area contributed by atoms with Crippen molar-refractivity contribution in [3.63, 3.8) is 0 Å². The number of anilines is 3. The number of nitrogens with two attached hydrogens (primary N) is 2. The number of nitrogen functional groups attached to an aromatic ring is 2. The van der Waals surface area contributed by atoms with Gasteiger partial charge in [-0.15, -0.1) is 21.5 Å². The van der Waals surface area contributed by atoms with E-state index >= 15 is 0 Å². The molecule has 4 aromatic rings. The van der Waals surface area contributed by atoms with Gasteiger partial charge in [0, 0.05) is 10.9 Å². The van der Waals surface area contributed by atoms with E-state index in [-0.39, 0.29) is 21.9 Å². The van der Waals surface area contributed by atoms with E-state index in [0.717, 1.165) is 21.9 Å². The van der Waals surface area contributed by atoms with Crippen molar-refractivity contribution in [3.8, 4) is 17.2 Å². The predicted molar refractivity (Wildman–Crippen MR) is 111 cm³/mol. The highest BCUT2D eigenvalue weighted by atomic mass is 32.1. The molecule has 3 heterocycles. The molecule has 0 aliphatic heterocycles. The molecule has 0 aliphatic carbocycles. The largest absolute Gasteiger partial charge is 0.397 e. The zero-order valence-electron chi connectivity index (χ0n) is 14.6. The Balaban J connectivity index is 1.91. The number of carbonyl (C=O) groups is 1. The first-order valence-corrected chi connectivity index (χ1v) is 9.71. The van der Waals surface area contributed by atoms with Gasteiger partial charge in [-0.2, -0.15) is 5.26 Å². The number of nitriles is 1. The summed E-state index contributed by atoms with van der Waals surface area (Å²) in [6.45, 7) is 1.80. The van der Waals surface area contributed by atoms with Crippen LogP contribution in [0.1, 0.15) is 20.2 Å². The van der Waals surface area contributed by atoms with Crippen LogP contribution in [0.3, 0.4) is 0 Å². The van der Waals surface area contributed by atoms with Crippen LogP contribution in [0.5, 0.6) is 0 Å². The SMILES string of the molecule is Cc1nnc(NC(=O)c2sc3nc(N)c(C#N)c(-c4ccccc4)c3c2N)s1. The van der Waals surface area contributed by atoms with Crippen LogP contribution >= 0.6 is 22.7 Å². The molecule has 5 N–H and O–H groups in total. The number of hydrogen-bond donors (Lipinski definition) is 3. The van der Waals surface area contributed by atoms with E-state index in [0.29, 0.717) is 20.9 Å². The van der Waals surface area contributed by atoms with Crippen molar-refractivity contribution in [1.82, 2.24) is 15.2 Å². The summed E-state index contributed by atoms with van der Waals surface area (Å²) >= 11 is 2.38. The molecule has 0 fully saturated rings. The molecule has 0 radical (unpaired) electrons. The number of nitrogens with zero attached hydrogens (tertiary/aromatic N) is 4. The fourth-order valence-corrected chi connectivity index (χ4v) is 4.44. The molecule has 1 aromatic carbocycles. The van der Waals surface area contributed by atoms with Crippen molar-refractivity contribution in [2.75, 3.05) is 16.8 Å². The van der Waals surface area contributed by atoms with Gasteiger partial charge in [0.1, 0.15) is 32.2 Å². The summed E-state index contributed by atoms with van der Waals surface area (Å²) in [6.07, 6.45) is 0. The summed E-state index contributed by atoms with van der Waals surface area (Å²) in [7, 11) is 0. The summed E-state index contributed by atoms with van der Waals surface area (Å²) in [5.74, 6) is -0.311. The number of pyridine rings is 1. The highest BCUT2D eigenvalue weighted by molar-refractivity contribution is 7.21. The van der Waals surface area contributed by atoms with Gasteiger partial charge < -0.3 is 11.5 Å². The average Bonchev–Trinajstić information content (AvgIpc) is 3.24. The molecule has 10 heteroatoms. The number of aryl methyl sites for hydroxylation is 1. The van der Waals surface area contributed by atoms with E-state index in [1.165, 1.54) is 11.3 Å². The van der Waals surface area contributed by atoms with E-state index < -0.39 is 5.91 Å². The normalized spacial score (nSPS) is 10.7. The minimum Gasteiger partial charge on any atom is -0.397 e. The van der Waals surface area contributed by atoms with Gasteiger partial charge in [0.25, 0.3) is 5.91 Å². The molecule has 138 valence electrons. The number of fused-ring (bicyclic) bond motifs is 1. The zero-order valence-corrected chi connectivity index (χ0v) is 16.2. The number of rotatable bonds is 3. The van der Waals surface area contributed by atoms with E-state index in [4.69, 9.17) is 11.5 Å². The van der Waals surface area contributed by atoms with Gasteiger partial charge in [-0.05, 0) is 12.5 Å². The molecule has 0 unspecified atom stereocenters. The van der Waals surface area contributed by atoms with E-state index in [1.807, 2.05) is 30.3 Å². The number of aromatic nitrogens is 3. The average molecular weight is 407 g/mol. The van der Waals surface area contributed by atoms with Crippen molar-refractivity contribution < 1.29 is 4.79 Å². The van der Waals surface area contributed by atoms with Gasteiger partial charge in [-0.1, -0.05) is 41.7 Å². The number of carbonyl (C=O) groups excluding carboxylic acids is 1. The summed E-state index contributed by atoms with van der Waals surface area (Å²) in [5, 5.41) is 21.7. The van der Waals surface area contributed by atoms with E-state index in [2.05, 4.69) is 26.6 Å². The van der Waals surface area contributed by atoms with Gasteiger partial charge in [-0.3, -0.25) is 10.1 Å². The molecule has 8 nitrogen and oxygen atoms in total. The second-order valence-corrected chi connectivity index (χ2v) is 8.01. The lowest BCUT2D eigenvalue weighted by Gasteiger charge is -2.09. The molecule has 4 rings (SSSR count). The predicted octanol–water partition coefficient (Wildman–Crippen LogP) is 3.41. The quantitative estimate of drug-likeness (QED) is 0.472. The van der Waals surface area contributed by atoms with Gasteiger partial charge in [-0.25, -0.2) is 4.98 Å². The molecule has 0 saturated heterocycles. The Labute approximate surface area is 167 Å². The maximum atomic E-state index is 12.7. The molecule has 0 atom stereocenters. The number of amides is 1. The third-order valence-electron chi connectivity index (χ3n) is 4.03. The van der Waals surface area contributed by atoms with Crippen LogP contribution in [0.4, 0.5) is 16.6 Å². The van der Waals surface area contributed by atoms with Crippen LogP contribution in [-0.2, 0) is 0 Å². The first kappa shape index (κ1) is 17.8. The lowest BCUT2D eigenvalue weighted by atomic mass is 9.97. The zero-order chi connectivity index (χ0) is 19.8. The Morgan fingerprint density at radius 1 is 1.18 bits per heavy atom. The Morgan fingerprint density at radius 2 is 1.93 bits per heavy atom. The van der Waals surface area contributed by atoms with Gasteiger partial charge >= 0.3 is 0 Å². The summed E-state index contributed by atoms with van der Waals surface area (Å²) in [6, 6.07) is 11.4. The van der Waals surface area contributed by atoms with Crippen molar-refractivity contribution in [3.05, 3.63) is 45.8 Å². The van der Waals surface area contributed by atoms with Crippen LogP contribution in [-0.4, -0.2) is 21.1 Å². The molecule has 3 aromatic heterocycles. The monoisotopic (exact) mass is 407 g/mol. The van der Waals surface area contributed by atoms with Crippen LogP contribution in [0.2, 0.25) is 0 Å². The van der Waals surface area contributed by atoms with Crippen LogP contribution in [0.25, 0.3) is 21.3 Å². The molecular weight excluding hydrogens is 394 g/mol. The molecule has 0 saturated carbocycles. The van der Waals surface area contributed by atoms with E-state index in [9.17, 15) is 10.1 Å². The topological polar surface area (TPSA) is 144 Å². The first-order chi connectivity index (χ1) is 13.5. The molecule has 0 spiro atoms. The van der Waals surface area contributed by atoms with Crippen molar-refractivity contribution in [1.29, 1.82) is 5.26 Å². The maximum absolute atomic E-state index is 12.7. The van der Waals surface area contributed by atoms with Crippen molar-refractivity contribution in [2.45, 2.75) is 6.92 Å². The van der Waals surface area contributed by atoms with Crippen LogP contribution in [0, 0.1) is 18.3 Å².